The number of esters is 1. The van der Waals surface area contributed by atoms with E-state index in [0.29, 0.717) is 10.8 Å². The smallest absolute Gasteiger partial charge is 0.328 e. The van der Waals surface area contributed by atoms with Gasteiger partial charge in [0.2, 0.25) is 0 Å². The number of phenols is 2. The van der Waals surface area contributed by atoms with E-state index in [1.54, 1.807) is 12.1 Å². The van der Waals surface area contributed by atoms with Crippen LogP contribution in [0.25, 0.3) is 10.8 Å². The highest BCUT2D eigenvalue weighted by molar-refractivity contribution is 6.03. The molecule has 1 unspecified atom stereocenters. The predicted molar refractivity (Wildman–Crippen MR) is 101 cm³/mol. The summed E-state index contributed by atoms with van der Waals surface area (Å²) in [6.45, 7) is 0. The third-order valence-electron chi connectivity index (χ3n) is 4.29. The molecule has 0 radical (unpaired) electrons. The van der Waals surface area contributed by atoms with Gasteiger partial charge in [0, 0.05) is 11.8 Å². The number of fused-ring (bicyclic) bond motifs is 1. The molecule has 3 aromatic rings. The Morgan fingerprint density at radius 3 is 2.44 bits per heavy atom. The standard InChI is InChI=1S/C21H19NO5/c1-27-21(26)17(10-13-6-3-2-4-7-13)22-20(25)16-11-14-8-5-9-18(23)15(14)12-19(16)24/h2-9,11-12,17,23-24H,10H2,1H3,(H,22,25). The number of amides is 1. The molecule has 0 saturated carbocycles. The Hall–Kier alpha value is -3.54. The van der Waals surface area contributed by atoms with Crippen molar-refractivity contribution in [1.82, 2.24) is 5.32 Å². The number of methoxy groups -OCH3 is 1. The lowest BCUT2D eigenvalue weighted by Gasteiger charge is -2.17. The number of phenolic OH excluding ortho intramolecular Hbond substituents is 2. The SMILES string of the molecule is COC(=O)C(Cc1ccccc1)NC(=O)c1cc2cccc(O)c2cc1O. The van der Waals surface area contributed by atoms with Gasteiger partial charge in [0.15, 0.2) is 0 Å². The van der Waals surface area contributed by atoms with Gasteiger partial charge in [-0.05, 0) is 29.1 Å². The van der Waals surface area contributed by atoms with E-state index in [-0.39, 0.29) is 23.5 Å². The highest BCUT2D eigenvalue weighted by atomic mass is 16.5. The number of rotatable bonds is 5. The summed E-state index contributed by atoms with van der Waals surface area (Å²) in [5.41, 5.74) is 0.871. The fourth-order valence-corrected chi connectivity index (χ4v) is 2.90. The van der Waals surface area contributed by atoms with Gasteiger partial charge < -0.3 is 20.3 Å². The van der Waals surface area contributed by atoms with Gasteiger partial charge in [0.05, 0.1) is 12.7 Å². The molecule has 0 spiro atoms. The maximum Gasteiger partial charge on any atom is 0.328 e. The Morgan fingerprint density at radius 1 is 1.00 bits per heavy atom. The maximum absolute atomic E-state index is 12.7. The summed E-state index contributed by atoms with van der Waals surface area (Å²) in [6.07, 6.45) is 0.258. The van der Waals surface area contributed by atoms with Gasteiger partial charge >= 0.3 is 5.97 Å². The van der Waals surface area contributed by atoms with Gasteiger partial charge in [-0.2, -0.15) is 0 Å². The van der Waals surface area contributed by atoms with Crippen molar-refractivity contribution in [2.24, 2.45) is 0 Å². The van der Waals surface area contributed by atoms with Crippen molar-refractivity contribution in [3.8, 4) is 11.5 Å². The Kier molecular flexibility index (Phi) is 5.26. The van der Waals surface area contributed by atoms with Crippen LogP contribution in [0, 0.1) is 0 Å². The van der Waals surface area contributed by atoms with E-state index in [4.69, 9.17) is 4.74 Å². The molecule has 0 fully saturated rings. The van der Waals surface area contributed by atoms with Gasteiger partial charge in [0.1, 0.15) is 17.5 Å². The minimum absolute atomic E-state index is 0.00581. The molecule has 138 valence electrons. The fraction of sp³-hybridized carbons (Fsp3) is 0.143. The van der Waals surface area contributed by atoms with E-state index in [0.717, 1.165) is 5.56 Å². The van der Waals surface area contributed by atoms with Crippen molar-refractivity contribution in [1.29, 1.82) is 0 Å². The van der Waals surface area contributed by atoms with Gasteiger partial charge in [-0.15, -0.1) is 0 Å². The van der Waals surface area contributed by atoms with Crippen LogP contribution in [0.4, 0.5) is 0 Å². The van der Waals surface area contributed by atoms with Crippen LogP contribution in [0.1, 0.15) is 15.9 Å². The molecule has 3 rings (SSSR count). The van der Waals surface area contributed by atoms with Crippen LogP contribution in [-0.2, 0) is 16.0 Å². The van der Waals surface area contributed by atoms with E-state index in [9.17, 15) is 19.8 Å². The van der Waals surface area contributed by atoms with Crippen molar-refractivity contribution < 1.29 is 24.5 Å². The normalized spacial score (nSPS) is 11.7. The van der Waals surface area contributed by atoms with Crippen LogP contribution in [0.15, 0.2) is 60.7 Å². The third-order valence-corrected chi connectivity index (χ3v) is 4.29. The highest BCUT2D eigenvalue weighted by Crippen LogP contribution is 2.30. The van der Waals surface area contributed by atoms with E-state index in [1.165, 1.54) is 25.3 Å². The van der Waals surface area contributed by atoms with Crippen LogP contribution < -0.4 is 5.32 Å². The average Bonchev–Trinajstić information content (AvgIpc) is 2.68. The van der Waals surface area contributed by atoms with E-state index in [1.807, 2.05) is 30.3 Å². The molecule has 0 heterocycles. The summed E-state index contributed by atoms with van der Waals surface area (Å²) in [5.74, 6) is -1.47. The first-order chi connectivity index (χ1) is 13.0. The number of ether oxygens (including phenoxy) is 1. The maximum atomic E-state index is 12.7. The Morgan fingerprint density at radius 2 is 1.74 bits per heavy atom. The van der Waals surface area contributed by atoms with Crippen molar-refractivity contribution in [3.63, 3.8) is 0 Å². The van der Waals surface area contributed by atoms with Gasteiger partial charge in [-0.3, -0.25) is 4.79 Å². The number of hydrogen-bond donors (Lipinski definition) is 3. The second-order valence-electron chi connectivity index (χ2n) is 6.11. The molecule has 0 aliphatic rings. The molecule has 3 N–H and O–H groups in total. The molecule has 1 amide bonds. The minimum atomic E-state index is -0.899. The fourth-order valence-electron chi connectivity index (χ4n) is 2.90. The molecule has 1 atom stereocenters. The Balaban J connectivity index is 1.88. The molecule has 0 bridgehead atoms. The molecule has 0 aliphatic heterocycles. The summed E-state index contributed by atoms with van der Waals surface area (Å²) in [4.78, 5) is 24.8. The summed E-state index contributed by atoms with van der Waals surface area (Å²) >= 11 is 0. The molecule has 0 saturated heterocycles. The summed E-state index contributed by atoms with van der Waals surface area (Å²) in [6, 6.07) is 16.0. The molecular weight excluding hydrogens is 346 g/mol. The van der Waals surface area contributed by atoms with Crippen LogP contribution in [0.5, 0.6) is 11.5 Å². The van der Waals surface area contributed by atoms with Crippen LogP contribution >= 0.6 is 0 Å². The molecule has 0 aromatic heterocycles. The monoisotopic (exact) mass is 365 g/mol. The van der Waals surface area contributed by atoms with Crippen molar-refractivity contribution in [2.45, 2.75) is 12.5 Å². The topological polar surface area (TPSA) is 95.9 Å². The van der Waals surface area contributed by atoms with Crippen molar-refractivity contribution in [2.75, 3.05) is 7.11 Å². The summed E-state index contributed by atoms with van der Waals surface area (Å²) < 4.78 is 4.79. The Bertz CT molecular complexity index is 985. The van der Waals surface area contributed by atoms with E-state index in [2.05, 4.69) is 5.32 Å². The van der Waals surface area contributed by atoms with E-state index < -0.39 is 17.9 Å². The number of aromatic hydroxyl groups is 2. The van der Waals surface area contributed by atoms with Crippen molar-refractivity contribution in [3.05, 3.63) is 71.8 Å². The van der Waals surface area contributed by atoms with Crippen LogP contribution in [-0.4, -0.2) is 35.2 Å². The lowest BCUT2D eigenvalue weighted by atomic mass is 10.0. The van der Waals surface area contributed by atoms with Gasteiger partial charge in [-0.25, -0.2) is 4.79 Å². The molecule has 27 heavy (non-hydrogen) atoms. The largest absolute Gasteiger partial charge is 0.507 e. The minimum Gasteiger partial charge on any atom is -0.507 e. The second kappa shape index (κ2) is 7.78. The second-order valence-corrected chi connectivity index (χ2v) is 6.11. The highest BCUT2D eigenvalue weighted by Gasteiger charge is 2.24. The lowest BCUT2D eigenvalue weighted by molar-refractivity contribution is -0.142. The molecule has 0 aliphatic carbocycles. The predicted octanol–water partition coefficient (Wildman–Crippen LogP) is 2.77. The quantitative estimate of drug-likeness (QED) is 0.604. The van der Waals surface area contributed by atoms with E-state index >= 15 is 0 Å². The summed E-state index contributed by atoms with van der Waals surface area (Å²) in [5, 5.41) is 23.7. The van der Waals surface area contributed by atoms with Crippen molar-refractivity contribution >= 4 is 22.6 Å². The zero-order valence-corrected chi connectivity index (χ0v) is 14.7. The third kappa shape index (κ3) is 4.00. The number of carbonyl (C=O) groups excluding carboxylic acids is 2. The molecule has 3 aromatic carbocycles. The average molecular weight is 365 g/mol. The first-order valence-electron chi connectivity index (χ1n) is 8.37. The number of hydrogen-bond acceptors (Lipinski definition) is 5. The first-order valence-corrected chi connectivity index (χ1v) is 8.37. The molecule has 6 heteroatoms. The van der Waals surface area contributed by atoms with Gasteiger partial charge in [-0.1, -0.05) is 42.5 Å². The molecule has 6 nitrogen and oxygen atoms in total. The first kappa shape index (κ1) is 18.3. The molecular formula is C21H19NO5. The lowest BCUT2D eigenvalue weighted by Crippen LogP contribution is -2.43. The summed E-state index contributed by atoms with van der Waals surface area (Å²) in [7, 11) is 1.25. The number of benzene rings is 3. The number of nitrogens with one attached hydrogen (secondary N) is 1. The zero-order valence-electron chi connectivity index (χ0n) is 14.7. The number of carbonyl (C=O) groups is 2. The van der Waals surface area contributed by atoms with Gasteiger partial charge in [0.25, 0.3) is 5.91 Å². The van der Waals surface area contributed by atoms with Crippen LogP contribution in [0.2, 0.25) is 0 Å². The van der Waals surface area contributed by atoms with Crippen LogP contribution in [0.3, 0.4) is 0 Å². The zero-order chi connectivity index (χ0) is 19.4. The Labute approximate surface area is 156 Å².